The van der Waals surface area contributed by atoms with Gasteiger partial charge in [-0.1, -0.05) is 40.2 Å². The lowest BCUT2D eigenvalue weighted by Gasteiger charge is -2.20. The molecular formula is C14H29N. The number of unbranched alkanes of at least 4 members (excludes halogenated alkanes) is 1. The van der Waals surface area contributed by atoms with Crippen LogP contribution in [-0.4, -0.2) is 13.1 Å². The molecule has 0 radical (unpaired) electrons. The fourth-order valence-electron chi connectivity index (χ4n) is 1.67. The molecule has 0 saturated carbocycles. The Kier molecular flexibility index (Phi) is 8.79. The van der Waals surface area contributed by atoms with Gasteiger partial charge in [0.1, 0.15) is 0 Å². The van der Waals surface area contributed by atoms with Crippen molar-refractivity contribution in [1.82, 2.24) is 5.32 Å². The molecule has 15 heavy (non-hydrogen) atoms. The van der Waals surface area contributed by atoms with Crippen molar-refractivity contribution in [3.63, 3.8) is 0 Å². The molecule has 0 aromatic carbocycles. The van der Waals surface area contributed by atoms with Crippen molar-refractivity contribution in [3.8, 4) is 0 Å². The van der Waals surface area contributed by atoms with Crippen LogP contribution in [0.25, 0.3) is 0 Å². The summed E-state index contributed by atoms with van der Waals surface area (Å²) in [6.45, 7) is 15.3. The van der Waals surface area contributed by atoms with Gasteiger partial charge in [0.15, 0.2) is 0 Å². The second kappa shape index (κ2) is 8.96. The third-order valence-corrected chi connectivity index (χ3v) is 3.06. The van der Waals surface area contributed by atoms with Gasteiger partial charge in [-0.2, -0.15) is 0 Å². The smallest absolute Gasteiger partial charge is 0.00205 e. The zero-order valence-corrected chi connectivity index (χ0v) is 11.1. The SMILES string of the molecule is C=CCCCC(C)C(C)CNCC(C)C. The summed E-state index contributed by atoms with van der Waals surface area (Å²) in [5.74, 6) is 2.37. The molecule has 0 saturated heterocycles. The molecule has 2 unspecified atom stereocenters. The zero-order chi connectivity index (χ0) is 11.7. The summed E-state index contributed by atoms with van der Waals surface area (Å²) in [7, 11) is 0. The highest BCUT2D eigenvalue weighted by atomic mass is 14.9. The molecule has 0 spiro atoms. The van der Waals surface area contributed by atoms with Crippen molar-refractivity contribution in [2.75, 3.05) is 13.1 Å². The van der Waals surface area contributed by atoms with E-state index in [1.165, 1.54) is 12.8 Å². The van der Waals surface area contributed by atoms with Gasteiger partial charge in [-0.05, 0) is 43.7 Å². The Morgan fingerprint density at radius 2 is 1.73 bits per heavy atom. The van der Waals surface area contributed by atoms with Gasteiger partial charge in [0, 0.05) is 0 Å². The number of hydrogen-bond acceptors (Lipinski definition) is 1. The van der Waals surface area contributed by atoms with E-state index in [-0.39, 0.29) is 0 Å². The van der Waals surface area contributed by atoms with E-state index in [0.717, 1.165) is 37.3 Å². The summed E-state index contributed by atoms with van der Waals surface area (Å²) < 4.78 is 0. The maximum Gasteiger partial charge on any atom is -0.00205 e. The number of allylic oxidation sites excluding steroid dienone is 1. The first-order valence-electron chi connectivity index (χ1n) is 6.39. The Hall–Kier alpha value is -0.300. The van der Waals surface area contributed by atoms with Crippen LogP contribution in [0.2, 0.25) is 0 Å². The van der Waals surface area contributed by atoms with E-state index in [1.54, 1.807) is 0 Å². The normalized spacial score (nSPS) is 15.3. The maximum atomic E-state index is 3.76. The van der Waals surface area contributed by atoms with E-state index < -0.39 is 0 Å². The van der Waals surface area contributed by atoms with Gasteiger partial charge < -0.3 is 5.32 Å². The van der Waals surface area contributed by atoms with Crippen LogP contribution in [0.1, 0.15) is 47.0 Å². The molecule has 90 valence electrons. The highest BCUT2D eigenvalue weighted by Gasteiger charge is 2.11. The molecule has 0 aromatic heterocycles. The average Bonchev–Trinajstić information content (AvgIpc) is 2.17. The third-order valence-electron chi connectivity index (χ3n) is 3.06. The van der Waals surface area contributed by atoms with Crippen LogP contribution in [0.4, 0.5) is 0 Å². The van der Waals surface area contributed by atoms with Crippen LogP contribution in [0.15, 0.2) is 12.7 Å². The first-order valence-corrected chi connectivity index (χ1v) is 6.39. The lowest BCUT2D eigenvalue weighted by atomic mass is 9.91. The predicted octanol–water partition coefficient (Wildman–Crippen LogP) is 3.86. The Balaban J connectivity index is 3.50. The molecule has 0 bridgehead atoms. The summed E-state index contributed by atoms with van der Waals surface area (Å²) in [6, 6.07) is 0. The lowest BCUT2D eigenvalue weighted by molar-refractivity contribution is 0.336. The molecule has 0 fully saturated rings. The van der Waals surface area contributed by atoms with Gasteiger partial charge >= 0.3 is 0 Å². The number of rotatable bonds is 9. The Morgan fingerprint density at radius 3 is 2.27 bits per heavy atom. The van der Waals surface area contributed by atoms with E-state index in [1.807, 2.05) is 6.08 Å². The molecule has 0 rings (SSSR count). The van der Waals surface area contributed by atoms with Crippen LogP contribution in [0.3, 0.4) is 0 Å². The van der Waals surface area contributed by atoms with Gasteiger partial charge in [-0.3, -0.25) is 0 Å². The van der Waals surface area contributed by atoms with Gasteiger partial charge in [0.05, 0.1) is 0 Å². The maximum absolute atomic E-state index is 3.76. The number of nitrogens with one attached hydrogen (secondary N) is 1. The van der Waals surface area contributed by atoms with Crippen LogP contribution in [0.5, 0.6) is 0 Å². The minimum Gasteiger partial charge on any atom is -0.316 e. The fraction of sp³-hybridized carbons (Fsp3) is 0.857. The summed E-state index contributed by atoms with van der Waals surface area (Å²) in [5, 5.41) is 3.54. The largest absolute Gasteiger partial charge is 0.316 e. The minimum atomic E-state index is 0.758. The van der Waals surface area contributed by atoms with Crippen molar-refractivity contribution >= 4 is 0 Å². The molecule has 1 N–H and O–H groups in total. The standard InChI is InChI=1S/C14H29N/c1-6-7-8-9-13(4)14(5)11-15-10-12(2)3/h6,12-15H,1,7-11H2,2-5H3. The van der Waals surface area contributed by atoms with E-state index in [4.69, 9.17) is 0 Å². The molecule has 0 aliphatic heterocycles. The van der Waals surface area contributed by atoms with E-state index in [2.05, 4.69) is 39.6 Å². The minimum absolute atomic E-state index is 0.758. The van der Waals surface area contributed by atoms with Crippen molar-refractivity contribution in [3.05, 3.63) is 12.7 Å². The van der Waals surface area contributed by atoms with Crippen molar-refractivity contribution in [1.29, 1.82) is 0 Å². The summed E-state index contributed by atoms with van der Waals surface area (Å²) in [6.07, 6.45) is 5.81. The molecule has 1 heteroatoms. The summed E-state index contributed by atoms with van der Waals surface area (Å²) >= 11 is 0. The Labute approximate surface area is 96.3 Å². The Morgan fingerprint density at radius 1 is 1.07 bits per heavy atom. The zero-order valence-electron chi connectivity index (χ0n) is 11.1. The highest BCUT2D eigenvalue weighted by molar-refractivity contribution is 4.70. The highest BCUT2D eigenvalue weighted by Crippen LogP contribution is 2.17. The van der Waals surface area contributed by atoms with E-state index >= 15 is 0 Å². The molecule has 0 aromatic rings. The summed E-state index contributed by atoms with van der Waals surface area (Å²) in [5.41, 5.74) is 0. The van der Waals surface area contributed by atoms with Crippen LogP contribution in [0, 0.1) is 17.8 Å². The third kappa shape index (κ3) is 8.68. The molecule has 0 aliphatic carbocycles. The van der Waals surface area contributed by atoms with Crippen molar-refractivity contribution in [2.45, 2.75) is 47.0 Å². The lowest BCUT2D eigenvalue weighted by Crippen LogP contribution is -2.28. The average molecular weight is 211 g/mol. The quantitative estimate of drug-likeness (QED) is 0.451. The molecule has 0 aliphatic rings. The van der Waals surface area contributed by atoms with E-state index in [9.17, 15) is 0 Å². The van der Waals surface area contributed by atoms with Crippen molar-refractivity contribution < 1.29 is 0 Å². The van der Waals surface area contributed by atoms with Crippen LogP contribution >= 0.6 is 0 Å². The van der Waals surface area contributed by atoms with Gasteiger partial charge in [-0.15, -0.1) is 6.58 Å². The van der Waals surface area contributed by atoms with Gasteiger partial charge in [0.25, 0.3) is 0 Å². The second-order valence-corrected chi connectivity index (χ2v) is 5.23. The fourth-order valence-corrected chi connectivity index (χ4v) is 1.67. The van der Waals surface area contributed by atoms with Gasteiger partial charge in [-0.25, -0.2) is 0 Å². The molecule has 0 heterocycles. The summed E-state index contributed by atoms with van der Waals surface area (Å²) in [4.78, 5) is 0. The number of hydrogen-bond donors (Lipinski definition) is 1. The second-order valence-electron chi connectivity index (χ2n) is 5.23. The molecule has 2 atom stereocenters. The monoisotopic (exact) mass is 211 g/mol. The van der Waals surface area contributed by atoms with Gasteiger partial charge in [0.2, 0.25) is 0 Å². The van der Waals surface area contributed by atoms with Crippen LogP contribution in [-0.2, 0) is 0 Å². The first kappa shape index (κ1) is 14.7. The van der Waals surface area contributed by atoms with E-state index in [0.29, 0.717) is 0 Å². The topological polar surface area (TPSA) is 12.0 Å². The van der Waals surface area contributed by atoms with Crippen LogP contribution < -0.4 is 5.32 Å². The van der Waals surface area contributed by atoms with Crippen molar-refractivity contribution in [2.24, 2.45) is 17.8 Å². The Bertz CT molecular complexity index is 151. The predicted molar refractivity (Wildman–Crippen MR) is 70.1 cm³/mol. The molecular weight excluding hydrogens is 182 g/mol. The molecule has 1 nitrogen and oxygen atoms in total. The first-order chi connectivity index (χ1) is 7.07. The molecule has 0 amide bonds.